The van der Waals surface area contributed by atoms with Gasteiger partial charge < -0.3 is 0 Å². The second-order valence-electron chi connectivity index (χ2n) is 5.75. The van der Waals surface area contributed by atoms with Crippen molar-refractivity contribution in [2.24, 2.45) is 7.05 Å². The van der Waals surface area contributed by atoms with E-state index in [-0.39, 0.29) is 0 Å². The Bertz CT molecular complexity index is 1060. The van der Waals surface area contributed by atoms with Crippen LogP contribution in [0.15, 0.2) is 48.9 Å². The van der Waals surface area contributed by atoms with E-state index in [1.165, 1.54) is 12.1 Å². The second kappa shape index (κ2) is 6.17. The summed E-state index contributed by atoms with van der Waals surface area (Å²) in [6.45, 7) is 0. The normalized spacial score (nSPS) is 11.4. The van der Waals surface area contributed by atoms with E-state index in [0.29, 0.717) is 22.0 Å². The Morgan fingerprint density at radius 2 is 1.84 bits per heavy atom. The third-order valence-electron chi connectivity index (χ3n) is 4.10. The van der Waals surface area contributed by atoms with Gasteiger partial charge in [-0.1, -0.05) is 23.2 Å². The molecule has 0 saturated heterocycles. The molecule has 0 fully saturated rings. The van der Waals surface area contributed by atoms with Gasteiger partial charge in [0, 0.05) is 53.6 Å². The first-order chi connectivity index (χ1) is 12.0. The highest BCUT2D eigenvalue weighted by atomic mass is 35.5. The lowest BCUT2D eigenvalue weighted by Gasteiger charge is -2.09. The fourth-order valence-corrected chi connectivity index (χ4v) is 3.50. The van der Waals surface area contributed by atoms with E-state index in [9.17, 15) is 4.39 Å². The van der Waals surface area contributed by atoms with Crippen LogP contribution in [-0.4, -0.2) is 19.3 Å². The molecule has 4 rings (SSSR count). The summed E-state index contributed by atoms with van der Waals surface area (Å²) in [6.07, 6.45) is 6.00. The number of nitrogens with zero attached hydrogens (tertiary/aromatic N) is 4. The number of aryl methyl sites for hydroxylation is 1. The molecule has 0 radical (unpaired) electrons. The zero-order valence-corrected chi connectivity index (χ0v) is 14.8. The first-order valence-corrected chi connectivity index (χ1v) is 8.37. The fraction of sp³-hybridized carbons (Fsp3) is 0.111. The van der Waals surface area contributed by atoms with Gasteiger partial charge in [0.2, 0.25) is 0 Å². The highest BCUT2D eigenvalue weighted by molar-refractivity contribution is 6.36. The van der Waals surface area contributed by atoms with Crippen LogP contribution >= 0.6 is 23.2 Å². The van der Waals surface area contributed by atoms with Gasteiger partial charge in [0.1, 0.15) is 5.82 Å². The molecule has 4 aromatic rings. The lowest BCUT2D eigenvalue weighted by Crippen LogP contribution is -1.98. The molecule has 25 heavy (non-hydrogen) atoms. The number of rotatable bonds is 3. The van der Waals surface area contributed by atoms with Crippen LogP contribution in [0.1, 0.15) is 11.3 Å². The van der Waals surface area contributed by atoms with Crippen LogP contribution in [0.3, 0.4) is 0 Å². The maximum absolute atomic E-state index is 13.4. The van der Waals surface area contributed by atoms with Gasteiger partial charge in [-0.3, -0.25) is 14.2 Å². The zero-order valence-electron chi connectivity index (χ0n) is 13.2. The number of hydrogen-bond acceptors (Lipinski definition) is 2. The molecule has 4 nitrogen and oxygen atoms in total. The summed E-state index contributed by atoms with van der Waals surface area (Å²) in [5.41, 5.74) is 2.47. The first-order valence-electron chi connectivity index (χ1n) is 7.61. The number of pyridine rings is 1. The van der Waals surface area contributed by atoms with Gasteiger partial charge in [0.05, 0.1) is 11.2 Å². The molecule has 0 N–H and O–H groups in total. The molecular formula is C18H13Cl2FN4. The van der Waals surface area contributed by atoms with Crippen molar-refractivity contribution in [1.82, 2.24) is 19.3 Å². The number of aromatic nitrogens is 4. The maximum atomic E-state index is 13.4. The molecule has 0 spiro atoms. The highest BCUT2D eigenvalue weighted by Gasteiger charge is 2.14. The van der Waals surface area contributed by atoms with Crippen molar-refractivity contribution in [2.75, 3.05) is 0 Å². The van der Waals surface area contributed by atoms with E-state index >= 15 is 0 Å². The molecule has 0 saturated carbocycles. The third-order valence-corrected chi connectivity index (χ3v) is 4.77. The van der Waals surface area contributed by atoms with Gasteiger partial charge in [-0.2, -0.15) is 5.10 Å². The summed E-state index contributed by atoms with van der Waals surface area (Å²) in [5, 5.41) is 6.00. The summed E-state index contributed by atoms with van der Waals surface area (Å²) < 4.78 is 17.1. The molecule has 0 aliphatic rings. The lowest BCUT2D eigenvalue weighted by molar-refractivity contribution is 0.627. The van der Waals surface area contributed by atoms with Crippen LogP contribution in [0.5, 0.6) is 0 Å². The first kappa shape index (κ1) is 16.1. The summed E-state index contributed by atoms with van der Waals surface area (Å²) in [7, 11) is 1.88. The van der Waals surface area contributed by atoms with Gasteiger partial charge >= 0.3 is 0 Å². The van der Waals surface area contributed by atoms with Gasteiger partial charge in [0.15, 0.2) is 5.82 Å². The predicted molar refractivity (Wildman–Crippen MR) is 97.1 cm³/mol. The molecule has 126 valence electrons. The molecule has 3 heterocycles. The minimum absolute atomic E-state index is 0.299. The average molecular weight is 375 g/mol. The Balaban J connectivity index is 1.81. The molecule has 0 aliphatic heterocycles. The van der Waals surface area contributed by atoms with Crippen molar-refractivity contribution in [1.29, 1.82) is 0 Å². The Morgan fingerprint density at radius 3 is 2.52 bits per heavy atom. The Labute approximate surface area is 153 Å². The van der Waals surface area contributed by atoms with E-state index in [0.717, 1.165) is 22.4 Å². The monoisotopic (exact) mass is 374 g/mol. The standard InChI is InChI=1S/C18H13Cl2FN4/c1-24-6-4-18(23-24)25-7-3-12-16(22-5-2-17(12)25)10-13-14(19)8-11(21)9-15(13)20/h2-9H,10H2,1H3. The molecular weight excluding hydrogens is 362 g/mol. The SMILES string of the molecule is Cn1ccc(-n2ccc3c(Cc4c(Cl)cc(F)cc4Cl)nccc32)n1. The summed E-state index contributed by atoms with van der Waals surface area (Å²) in [6, 6.07) is 8.39. The van der Waals surface area contributed by atoms with E-state index in [1.54, 1.807) is 10.9 Å². The van der Waals surface area contributed by atoms with Crippen LogP contribution in [0, 0.1) is 5.82 Å². The zero-order chi connectivity index (χ0) is 17.6. The Hall–Kier alpha value is -2.37. The molecule has 0 amide bonds. The van der Waals surface area contributed by atoms with Crippen LogP contribution < -0.4 is 0 Å². The van der Waals surface area contributed by atoms with Crippen molar-refractivity contribution in [3.63, 3.8) is 0 Å². The lowest BCUT2D eigenvalue weighted by atomic mass is 10.1. The van der Waals surface area contributed by atoms with Crippen molar-refractivity contribution >= 4 is 34.1 Å². The maximum Gasteiger partial charge on any atom is 0.159 e. The molecule has 1 aromatic carbocycles. The topological polar surface area (TPSA) is 35.6 Å². The van der Waals surface area contributed by atoms with E-state index < -0.39 is 5.82 Å². The minimum atomic E-state index is -0.453. The summed E-state index contributed by atoms with van der Waals surface area (Å²) in [5.74, 6) is 0.374. The molecule has 0 unspecified atom stereocenters. The largest absolute Gasteiger partial charge is 0.300 e. The van der Waals surface area contributed by atoms with Gasteiger partial charge in [0.25, 0.3) is 0 Å². The molecule has 0 bridgehead atoms. The molecule has 7 heteroatoms. The second-order valence-corrected chi connectivity index (χ2v) is 6.56. The van der Waals surface area contributed by atoms with Crippen molar-refractivity contribution in [2.45, 2.75) is 6.42 Å². The van der Waals surface area contributed by atoms with E-state index in [1.807, 2.05) is 42.2 Å². The van der Waals surface area contributed by atoms with Crippen molar-refractivity contribution < 1.29 is 4.39 Å². The number of hydrogen-bond donors (Lipinski definition) is 0. The summed E-state index contributed by atoms with van der Waals surface area (Å²) in [4.78, 5) is 4.47. The fourth-order valence-electron chi connectivity index (χ4n) is 2.91. The van der Waals surface area contributed by atoms with E-state index in [2.05, 4.69) is 10.1 Å². The molecule has 0 aliphatic carbocycles. The van der Waals surface area contributed by atoms with Gasteiger partial charge in [-0.25, -0.2) is 4.39 Å². The van der Waals surface area contributed by atoms with E-state index in [4.69, 9.17) is 23.2 Å². The predicted octanol–water partition coefficient (Wildman–Crippen LogP) is 4.80. The van der Waals surface area contributed by atoms with Crippen LogP contribution in [0.4, 0.5) is 4.39 Å². The smallest absolute Gasteiger partial charge is 0.159 e. The quantitative estimate of drug-likeness (QED) is 0.516. The Morgan fingerprint density at radius 1 is 1.08 bits per heavy atom. The third kappa shape index (κ3) is 2.90. The van der Waals surface area contributed by atoms with Crippen LogP contribution in [0.2, 0.25) is 10.0 Å². The van der Waals surface area contributed by atoms with Gasteiger partial charge in [-0.05, 0) is 29.8 Å². The van der Waals surface area contributed by atoms with Crippen molar-refractivity contribution in [3.8, 4) is 5.82 Å². The number of benzene rings is 1. The highest BCUT2D eigenvalue weighted by Crippen LogP contribution is 2.30. The average Bonchev–Trinajstić information content (AvgIpc) is 3.17. The summed E-state index contributed by atoms with van der Waals surface area (Å²) >= 11 is 12.3. The van der Waals surface area contributed by atoms with Crippen molar-refractivity contribution in [3.05, 3.63) is 76.0 Å². The van der Waals surface area contributed by atoms with Gasteiger partial charge in [-0.15, -0.1) is 0 Å². The molecule has 3 aromatic heterocycles. The number of halogens is 3. The minimum Gasteiger partial charge on any atom is -0.300 e. The molecule has 0 atom stereocenters. The Kier molecular flexibility index (Phi) is 3.98. The van der Waals surface area contributed by atoms with Crippen LogP contribution in [-0.2, 0) is 13.5 Å². The van der Waals surface area contributed by atoms with Crippen LogP contribution in [0.25, 0.3) is 16.7 Å². The number of fused-ring (bicyclic) bond motifs is 1.